The molecule has 0 aromatic heterocycles. The molecule has 0 aliphatic heterocycles. The van der Waals surface area contributed by atoms with Crippen molar-refractivity contribution in [2.75, 3.05) is 0 Å². The van der Waals surface area contributed by atoms with Crippen LogP contribution in [-0.2, 0) is 0 Å². The van der Waals surface area contributed by atoms with Gasteiger partial charge in [-0.05, 0) is 94.7 Å². The van der Waals surface area contributed by atoms with Gasteiger partial charge in [0.1, 0.15) is 0 Å². The van der Waals surface area contributed by atoms with E-state index in [4.69, 9.17) is 6.42 Å². The van der Waals surface area contributed by atoms with Gasteiger partial charge in [-0.3, -0.25) is 11.8 Å². The van der Waals surface area contributed by atoms with Crippen molar-refractivity contribution >= 4 is 0 Å². The van der Waals surface area contributed by atoms with Crippen LogP contribution in [0, 0.1) is 173 Å². The van der Waals surface area contributed by atoms with Gasteiger partial charge in [0.2, 0.25) is 0 Å². The van der Waals surface area contributed by atoms with Crippen molar-refractivity contribution in [1.29, 1.82) is 0 Å². The largest absolute Gasteiger partial charge is 0.358 e. The molecule has 0 aliphatic carbocycles. The first kappa shape index (κ1) is 22.7. The fraction of sp³-hybridized carbons (Fsp3) is 0. The van der Waals surface area contributed by atoms with E-state index in [1.54, 1.807) is 0 Å². The molecule has 29 heavy (non-hydrogen) atoms. The summed E-state index contributed by atoms with van der Waals surface area (Å²) in [7, 11) is 0. The van der Waals surface area contributed by atoms with Gasteiger partial charge < -0.3 is 6.42 Å². The van der Waals surface area contributed by atoms with E-state index in [0.717, 1.165) is 0 Å². The lowest BCUT2D eigenvalue weighted by atomic mass is 10.4. The van der Waals surface area contributed by atoms with Crippen LogP contribution in [0.3, 0.4) is 0 Å². The van der Waals surface area contributed by atoms with E-state index < -0.39 is 0 Å². The Labute approximate surface area is 173 Å². The summed E-state index contributed by atoms with van der Waals surface area (Å²) in [5.41, 5.74) is 0. The van der Waals surface area contributed by atoms with Crippen LogP contribution in [0.15, 0.2) is 0 Å². The van der Waals surface area contributed by atoms with Crippen molar-refractivity contribution < 1.29 is 0 Å². The minimum atomic E-state index is 1.87. The normalized spacial score (nSPS) is 3.83. The van der Waals surface area contributed by atoms with Crippen LogP contribution < -0.4 is 0 Å². The Bertz CT molecular complexity index is 1510. The topological polar surface area (TPSA) is 0 Å². The summed E-state index contributed by atoms with van der Waals surface area (Å²) >= 11 is 0. The molecule has 0 aromatic rings. The summed E-state index contributed by atoms with van der Waals surface area (Å²) in [5, 5.41) is 0. The second-order valence-corrected chi connectivity index (χ2v) is 3.43. The van der Waals surface area contributed by atoms with Gasteiger partial charge in [0.05, 0.1) is 0 Å². The molecule has 0 heteroatoms. The van der Waals surface area contributed by atoms with Crippen LogP contribution in [0.2, 0.25) is 0 Å². The summed E-state index contributed by atoms with van der Waals surface area (Å²) in [5.74, 6) is 65.7. The van der Waals surface area contributed by atoms with Crippen LogP contribution in [0.4, 0.5) is 0 Å². The minimum absolute atomic E-state index is 1.87. The van der Waals surface area contributed by atoms with Crippen molar-refractivity contribution in [1.82, 2.24) is 0 Å². The average molecular weight is 350 g/mol. The molecule has 0 unspecified atom stereocenters. The molecule has 0 heterocycles. The van der Waals surface area contributed by atoms with E-state index >= 15 is 0 Å². The first-order chi connectivity index (χ1) is 14.4. The second-order valence-electron chi connectivity index (χ2n) is 3.43. The van der Waals surface area contributed by atoms with Crippen molar-refractivity contribution in [3.05, 3.63) is 13.3 Å². The third kappa shape index (κ3) is 21.7. The maximum Gasteiger partial charge on any atom is 0 e. The Kier molecular flexibility index (Phi) is 17.0. The number of rotatable bonds is 0. The first-order valence-corrected chi connectivity index (χ1v) is 7.10. The summed E-state index contributed by atoms with van der Waals surface area (Å²) < 4.78 is 0. The van der Waals surface area contributed by atoms with E-state index in [9.17, 15) is 0 Å². The van der Waals surface area contributed by atoms with Gasteiger partial charge in [-0.1, -0.05) is 0 Å². The third-order valence-electron chi connectivity index (χ3n) is 1.65. The number of hydrogen-bond donors (Lipinski definition) is 0. The highest BCUT2D eigenvalue weighted by Gasteiger charge is 1.58. The third-order valence-corrected chi connectivity index (χ3v) is 1.65. The zero-order valence-corrected chi connectivity index (χ0v) is 14.7. The molecule has 0 amide bonds. The summed E-state index contributed by atoms with van der Waals surface area (Å²) in [6, 6.07) is 0. The number of hydrogen-bond acceptors (Lipinski definition) is 0. The van der Waals surface area contributed by atoms with Gasteiger partial charge in [-0.25, -0.2) is 11.8 Å². The Morgan fingerprint density at radius 3 is 0.621 bits per heavy atom. The van der Waals surface area contributed by atoms with Gasteiger partial charge in [-0.15, -0.1) is 11.8 Å². The molecule has 0 atom stereocenters. The molecule has 0 aromatic carbocycles. The van der Waals surface area contributed by atoms with Gasteiger partial charge in [0.25, 0.3) is 0 Å². The highest BCUT2D eigenvalue weighted by molar-refractivity contribution is 5.48. The Morgan fingerprint density at radius 2 is 0.448 bits per heavy atom. The predicted octanol–water partition coefficient (Wildman–Crippen LogP) is 0.454. The van der Waals surface area contributed by atoms with E-state index in [1.165, 1.54) is 0 Å². The molecular formula is C29H2-2. The molecule has 0 N–H and O–H groups in total. The van der Waals surface area contributed by atoms with Gasteiger partial charge >= 0.3 is 0 Å². The van der Waals surface area contributed by atoms with Gasteiger partial charge in [-0.2, -0.15) is 6.92 Å². The minimum Gasteiger partial charge on any atom is -0.358 e. The Hall–Kier alpha value is -6.29. The lowest BCUT2D eigenvalue weighted by Crippen LogP contribution is -1.57. The zero-order valence-electron chi connectivity index (χ0n) is 14.7. The zero-order chi connectivity index (χ0) is 21.1. The maximum atomic E-state index is 6.53. The van der Waals surface area contributed by atoms with E-state index in [1.807, 2.05) is 5.92 Å². The van der Waals surface area contributed by atoms with E-state index in [0.29, 0.717) is 0 Å². The molecule has 0 bridgehead atoms. The predicted molar refractivity (Wildman–Crippen MR) is 114 cm³/mol. The van der Waals surface area contributed by atoms with Crippen LogP contribution in [-0.4, -0.2) is 0 Å². The monoisotopic (exact) mass is 350 g/mol. The molecule has 120 valence electrons. The maximum absolute atomic E-state index is 6.53. The SMILES string of the molecule is [C-]#CC#CC#CC#CC#CC#CC#CC#CC#CC#CC#CC#CC#CC#C[CH2-]. The second kappa shape index (κ2) is 21.7. The first-order valence-electron chi connectivity index (χ1n) is 7.10. The van der Waals surface area contributed by atoms with Crippen LogP contribution in [0.25, 0.3) is 0 Å². The molecular weight excluding hydrogens is 348 g/mol. The van der Waals surface area contributed by atoms with Crippen LogP contribution >= 0.6 is 0 Å². The fourth-order valence-electron chi connectivity index (χ4n) is 0.794. The summed E-state index contributed by atoms with van der Waals surface area (Å²) in [6.07, 6.45) is 6.53. The summed E-state index contributed by atoms with van der Waals surface area (Å²) in [6.45, 7) is 3.30. The van der Waals surface area contributed by atoms with Crippen molar-refractivity contribution in [3.63, 3.8) is 0 Å². The quantitative estimate of drug-likeness (QED) is 0.440. The Morgan fingerprint density at radius 1 is 0.276 bits per heavy atom. The van der Waals surface area contributed by atoms with Crippen molar-refractivity contribution in [3.8, 4) is 160 Å². The molecule has 0 nitrogen and oxygen atoms in total. The lowest BCUT2D eigenvalue weighted by molar-refractivity contribution is 2.31. The molecule has 0 saturated heterocycles. The van der Waals surface area contributed by atoms with E-state index in [2.05, 4.69) is 161 Å². The Balaban J connectivity index is 4.45. The molecule has 0 aliphatic rings. The standard InChI is InChI=1S/C29H2/c1-3-5-7-9-11-13-15-17-19-21-23-25-27-29-28-26-24-22-20-18-16-14-12-10-8-6-4-2/h1H2/q-2. The molecule has 0 rings (SSSR count). The van der Waals surface area contributed by atoms with Crippen molar-refractivity contribution in [2.45, 2.75) is 0 Å². The van der Waals surface area contributed by atoms with Crippen molar-refractivity contribution in [2.24, 2.45) is 0 Å². The smallest absolute Gasteiger partial charge is 0 e. The highest BCUT2D eigenvalue weighted by Crippen LogP contribution is 1.59. The lowest BCUT2D eigenvalue weighted by Gasteiger charge is -1.64. The molecule has 0 saturated carbocycles. The fourth-order valence-corrected chi connectivity index (χ4v) is 0.794. The van der Waals surface area contributed by atoms with E-state index in [-0.39, 0.29) is 0 Å². The average Bonchev–Trinajstić information content (AvgIpc) is 2.74. The van der Waals surface area contributed by atoms with Crippen LogP contribution in [0.5, 0.6) is 0 Å². The van der Waals surface area contributed by atoms with Gasteiger partial charge in [0, 0.05) is 29.6 Å². The highest BCUT2D eigenvalue weighted by atomic mass is 13.6. The van der Waals surface area contributed by atoms with Gasteiger partial charge in [0.15, 0.2) is 0 Å². The van der Waals surface area contributed by atoms with Crippen LogP contribution in [0.1, 0.15) is 0 Å². The molecule has 0 spiro atoms. The summed E-state index contributed by atoms with van der Waals surface area (Å²) in [4.78, 5) is 0. The molecule has 0 fully saturated rings. The molecule has 0 radical (unpaired) electrons.